The van der Waals surface area contributed by atoms with E-state index in [2.05, 4.69) is 4.98 Å². The van der Waals surface area contributed by atoms with Crippen molar-refractivity contribution in [3.63, 3.8) is 0 Å². The molecule has 3 rings (SSSR count). The lowest BCUT2D eigenvalue weighted by atomic mass is 10.2. The van der Waals surface area contributed by atoms with Crippen LogP contribution < -0.4 is 5.43 Å². The lowest BCUT2D eigenvalue weighted by molar-refractivity contribution is -0.391. The van der Waals surface area contributed by atoms with Crippen molar-refractivity contribution >= 4 is 39.0 Å². The Kier molecular flexibility index (Phi) is 3.90. The van der Waals surface area contributed by atoms with Gasteiger partial charge in [0.1, 0.15) is 16.2 Å². The monoisotopic (exact) mass is 351 g/mol. The summed E-state index contributed by atoms with van der Waals surface area (Å²) in [5, 5.41) is 11.5. The van der Waals surface area contributed by atoms with Crippen molar-refractivity contribution in [3.8, 4) is 5.69 Å². The number of aromatic nitrogens is 2. The number of thioether (sulfide) groups is 1. The molecular weight excluding hydrogens is 341 g/mol. The fourth-order valence-electron chi connectivity index (χ4n) is 2.31. The van der Waals surface area contributed by atoms with Crippen molar-refractivity contribution in [3.05, 3.63) is 56.4 Å². The van der Waals surface area contributed by atoms with Crippen molar-refractivity contribution < 1.29 is 9.31 Å². The minimum Gasteiger partial charge on any atom is -0.358 e. The predicted octanol–water partition coefficient (Wildman–Crippen LogP) is 3.52. The van der Waals surface area contributed by atoms with E-state index in [1.165, 1.54) is 45.9 Å². The first-order valence-electron chi connectivity index (χ1n) is 6.43. The van der Waals surface area contributed by atoms with Gasteiger partial charge in [-0.2, -0.15) is 4.57 Å². The van der Waals surface area contributed by atoms with Crippen molar-refractivity contribution in [2.45, 2.75) is 11.1 Å². The average Bonchev–Trinajstić information content (AvgIpc) is 2.88. The number of nitro groups is 1. The predicted molar refractivity (Wildman–Crippen MR) is 88.3 cm³/mol. The molecule has 3 aromatic rings. The number of imidazole rings is 1. The van der Waals surface area contributed by atoms with E-state index >= 15 is 0 Å². The van der Waals surface area contributed by atoms with Crippen LogP contribution in [0.4, 0.5) is 10.2 Å². The van der Waals surface area contributed by atoms with Crippen molar-refractivity contribution in [2.24, 2.45) is 0 Å². The van der Waals surface area contributed by atoms with Gasteiger partial charge in [-0.1, -0.05) is 0 Å². The summed E-state index contributed by atoms with van der Waals surface area (Å²) in [5.74, 6) is -0.362. The number of hydrogen-bond donors (Lipinski definition) is 0. The molecule has 0 aliphatic heterocycles. The molecule has 2 aromatic heterocycles. The third-order valence-electron chi connectivity index (χ3n) is 3.31. The van der Waals surface area contributed by atoms with E-state index in [4.69, 9.17) is 0 Å². The second kappa shape index (κ2) is 5.74. The zero-order valence-corrected chi connectivity index (χ0v) is 13.7. The molecule has 0 amide bonds. The van der Waals surface area contributed by atoms with Gasteiger partial charge in [-0.15, -0.1) is 23.1 Å². The molecule has 118 valence electrons. The molecule has 0 aliphatic rings. The maximum atomic E-state index is 13.4. The molecular formula is C14H10FN3O3S2. The van der Waals surface area contributed by atoms with Gasteiger partial charge >= 0.3 is 5.82 Å². The number of aryl methyl sites for hydroxylation is 1. The van der Waals surface area contributed by atoms with Gasteiger partial charge in [0.2, 0.25) is 11.1 Å². The summed E-state index contributed by atoms with van der Waals surface area (Å²) in [5.41, 5.74) is -0.199. The van der Waals surface area contributed by atoms with E-state index in [1.54, 1.807) is 13.2 Å². The van der Waals surface area contributed by atoms with Crippen LogP contribution in [0.2, 0.25) is 0 Å². The van der Waals surface area contributed by atoms with Crippen molar-refractivity contribution in [1.82, 2.24) is 9.55 Å². The van der Waals surface area contributed by atoms with Crippen molar-refractivity contribution in [1.29, 1.82) is 0 Å². The van der Waals surface area contributed by atoms with Crippen LogP contribution in [0.5, 0.6) is 0 Å². The maximum absolute atomic E-state index is 13.4. The van der Waals surface area contributed by atoms with E-state index < -0.39 is 10.7 Å². The molecule has 6 nitrogen and oxygen atoms in total. The molecule has 0 atom stereocenters. The van der Waals surface area contributed by atoms with Gasteiger partial charge in [0.15, 0.2) is 5.82 Å². The van der Waals surface area contributed by atoms with E-state index in [0.29, 0.717) is 20.1 Å². The smallest absolute Gasteiger partial charge is 0.348 e. The number of fused-ring (bicyclic) bond motifs is 1. The van der Waals surface area contributed by atoms with E-state index in [1.807, 2.05) is 0 Å². The highest BCUT2D eigenvalue weighted by Crippen LogP contribution is 2.34. The fraction of sp³-hybridized carbons (Fsp3) is 0.143. The lowest BCUT2D eigenvalue weighted by Crippen LogP contribution is -2.15. The van der Waals surface area contributed by atoms with Crippen LogP contribution in [0.3, 0.4) is 0 Å². The minimum atomic E-state index is -0.580. The molecule has 9 heteroatoms. The molecule has 1 aromatic carbocycles. The van der Waals surface area contributed by atoms with E-state index in [-0.39, 0.29) is 16.9 Å². The summed E-state index contributed by atoms with van der Waals surface area (Å²) < 4.78 is 15.7. The highest BCUT2D eigenvalue weighted by Gasteiger charge is 2.26. The standard InChI is InChI=1S/C14H10FN3O3S2/c1-7-16-6-11(18(20)21)17(7)12-13(19)9-4-3-8(15)5-10(9)23-14(12)22-2/h3-6H,1-2H3. The molecule has 0 bridgehead atoms. The molecule has 0 N–H and O–H groups in total. The SMILES string of the molecule is CSc1sc2cc(F)ccc2c(=O)c1-n1c([N+](=O)[O-])cnc1C. The summed E-state index contributed by atoms with van der Waals surface area (Å²) in [4.78, 5) is 27.4. The molecule has 0 saturated carbocycles. The first-order valence-corrected chi connectivity index (χ1v) is 8.47. The number of hydrogen-bond acceptors (Lipinski definition) is 6. The number of rotatable bonds is 3. The quantitative estimate of drug-likeness (QED) is 0.410. The van der Waals surface area contributed by atoms with Crippen LogP contribution in [-0.2, 0) is 0 Å². The molecule has 23 heavy (non-hydrogen) atoms. The Morgan fingerprint density at radius 1 is 1.43 bits per heavy atom. The van der Waals surface area contributed by atoms with Crippen molar-refractivity contribution in [2.75, 3.05) is 6.26 Å². The van der Waals surface area contributed by atoms with Crippen LogP contribution in [-0.4, -0.2) is 20.7 Å². The summed E-state index contributed by atoms with van der Waals surface area (Å²) >= 11 is 2.50. The second-order valence-electron chi connectivity index (χ2n) is 4.67. The van der Waals surface area contributed by atoms with Crippen LogP contribution in [0.1, 0.15) is 5.82 Å². The minimum absolute atomic E-state index is 0.184. The van der Waals surface area contributed by atoms with Gasteiger partial charge in [0.05, 0.1) is 0 Å². The molecule has 0 radical (unpaired) electrons. The van der Waals surface area contributed by atoms with Gasteiger partial charge in [-0.3, -0.25) is 4.79 Å². The molecule has 2 heterocycles. The van der Waals surface area contributed by atoms with E-state index in [0.717, 1.165) is 6.20 Å². The third kappa shape index (κ3) is 2.51. The Labute approximate surface area is 137 Å². The van der Waals surface area contributed by atoms with Crippen LogP contribution >= 0.6 is 23.1 Å². The summed E-state index contributed by atoms with van der Waals surface area (Å²) in [6.07, 6.45) is 2.89. The Bertz CT molecular complexity index is 997. The topological polar surface area (TPSA) is 78.0 Å². The third-order valence-corrected chi connectivity index (χ3v) is 5.57. The highest BCUT2D eigenvalue weighted by atomic mass is 32.2. The fourth-order valence-corrected chi connectivity index (χ4v) is 4.21. The normalized spacial score (nSPS) is 11.1. The Hall–Kier alpha value is -2.26. The summed E-state index contributed by atoms with van der Waals surface area (Å²) in [7, 11) is 0. The average molecular weight is 351 g/mol. The molecule has 0 fully saturated rings. The zero-order valence-electron chi connectivity index (χ0n) is 12.1. The highest BCUT2D eigenvalue weighted by molar-refractivity contribution is 8.00. The number of nitrogens with zero attached hydrogens (tertiary/aromatic N) is 3. The Morgan fingerprint density at radius 3 is 2.83 bits per heavy atom. The molecule has 0 spiro atoms. The van der Waals surface area contributed by atoms with Crippen LogP contribution in [0, 0.1) is 22.9 Å². The Morgan fingerprint density at radius 2 is 2.17 bits per heavy atom. The Balaban J connectivity index is 2.45. The molecule has 0 saturated heterocycles. The lowest BCUT2D eigenvalue weighted by Gasteiger charge is -2.07. The first-order chi connectivity index (χ1) is 10.9. The maximum Gasteiger partial charge on any atom is 0.348 e. The molecule has 0 unspecified atom stereocenters. The first kappa shape index (κ1) is 15.6. The number of halogens is 1. The summed E-state index contributed by atoms with van der Waals surface area (Å²) in [6, 6.07) is 3.89. The van der Waals surface area contributed by atoms with Gasteiger partial charge < -0.3 is 10.1 Å². The van der Waals surface area contributed by atoms with Crippen LogP contribution in [0.25, 0.3) is 15.8 Å². The van der Waals surface area contributed by atoms with Gasteiger partial charge in [-0.25, -0.2) is 9.37 Å². The van der Waals surface area contributed by atoms with Crippen LogP contribution in [0.15, 0.2) is 33.4 Å². The largest absolute Gasteiger partial charge is 0.358 e. The zero-order chi connectivity index (χ0) is 16.7. The van der Waals surface area contributed by atoms with E-state index in [9.17, 15) is 19.3 Å². The summed E-state index contributed by atoms with van der Waals surface area (Å²) in [6.45, 7) is 1.59. The van der Waals surface area contributed by atoms with Gasteiger partial charge in [-0.05, 0) is 29.4 Å². The second-order valence-corrected chi connectivity index (χ2v) is 6.80. The van der Waals surface area contributed by atoms with Gasteiger partial charge in [0.25, 0.3) is 0 Å². The molecule has 0 aliphatic carbocycles. The number of benzene rings is 1. The van der Waals surface area contributed by atoms with Gasteiger partial charge in [0, 0.05) is 17.0 Å².